The number of carbonyl (C=O) groups is 1. The number of benzene rings is 1. The lowest BCUT2D eigenvalue weighted by Crippen LogP contribution is -2.23. The Morgan fingerprint density at radius 3 is 2.85 bits per heavy atom. The minimum atomic E-state index is -0.445. The molecule has 0 radical (unpaired) electrons. The summed E-state index contributed by atoms with van der Waals surface area (Å²) in [7, 11) is 0. The third-order valence-corrected chi connectivity index (χ3v) is 1.48. The summed E-state index contributed by atoms with van der Waals surface area (Å²) in [5.41, 5.74) is 0.178. The summed E-state index contributed by atoms with van der Waals surface area (Å²) in [5.74, 6) is -0.530. The molecule has 0 spiro atoms. The van der Waals surface area contributed by atoms with Crippen LogP contribution in [0.5, 0.6) is 5.75 Å². The van der Waals surface area contributed by atoms with Crippen LogP contribution in [-0.2, 0) is 0 Å². The number of rotatable bonds is 2. The molecule has 0 aromatic heterocycles. The van der Waals surface area contributed by atoms with Crippen LogP contribution in [0.3, 0.4) is 0 Å². The fourth-order valence-corrected chi connectivity index (χ4v) is 0.881. The maximum atomic E-state index is 11.2. The van der Waals surface area contributed by atoms with E-state index in [1.54, 1.807) is 18.2 Å². The van der Waals surface area contributed by atoms with Gasteiger partial charge in [-0.15, -0.1) is 0 Å². The number of hydrogen-bond acceptors (Lipinski definition) is 3. The lowest BCUT2D eigenvalue weighted by Gasteiger charge is -2.02. The second kappa shape index (κ2) is 4.12. The molecule has 1 aromatic rings. The molecule has 4 heteroatoms. The Bertz CT molecular complexity index is 355. The van der Waals surface area contributed by atoms with Crippen LogP contribution in [0.2, 0.25) is 0 Å². The predicted octanol–water partition coefficient (Wildman–Crippen LogP) is 0.646. The highest BCUT2D eigenvalue weighted by molar-refractivity contribution is 5.96. The standard InChI is InChI=1S/C9H8N2O2/c10-5-6-11-9(13)7-3-1-2-4-8(7)12/h1-4,12H,6H2,(H,11,13). The predicted molar refractivity (Wildman–Crippen MR) is 46.1 cm³/mol. The molecule has 0 heterocycles. The lowest BCUT2D eigenvalue weighted by molar-refractivity contribution is 0.0956. The molecule has 0 aliphatic carbocycles. The van der Waals surface area contributed by atoms with Gasteiger partial charge in [0.05, 0.1) is 11.6 Å². The average Bonchev–Trinajstić information content (AvgIpc) is 2.15. The molecule has 13 heavy (non-hydrogen) atoms. The quantitative estimate of drug-likeness (QED) is 0.649. The monoisotopic (exact) mass is 176 g/mol. The number of phenols is 1. The van der Waals surface area contributed by atoms with E-state index in [1.165, 1.54) is 12.1 Å². The highest BCUT2D eigenvalue weighted by Gasteiger charge is 2.08. The van der Waals surface area contributed by atoms with Gasteiger partial charge in [-0.05, 0) is 12.1 Å². The fourth-order valence-electron chi connectivity index (χ4n) is 0.881. The van der Waals surface area contributed by atoms with Gasteiger partial charge in [0.1, 0.15) is 12.3 Å². The molecule has 1 aromatic carbocycles. The Morgan fingerprint density at radius 1 is 1.54 bits per heavy atom. The van der Waals surface area contributed by atoms with Crippen molar-refractivity contribution >= 4 is 5.91 Å². The van der Waals surface area contributed by atoms with Crippen molar-refractivity contribution in [2.45, 2.75) is 0 Å². The van der Waals surface area contributed by atoms with Crippen LogP contribution < -0.4 is 5.32 Å². The van der Waals surface area contributed by atoms with E-state index in [1.807, 2.05) is 0 Å². The van der Waals surface area contributed by atoms with Crippen LogP contribution in [0.1, 0.15) is 10.4 Å². The van der Waals surface area contributed by atoms with Gasteiger partial charge in [0, 0.05) is 0 Å². The summed E-state index contributed by atoms with van der Waals surface area (Å²) in [6.07, 6.45) is 0. The molecule has 0 aliphatic rings. The molecule has 0 saturated heterocycles. The molecule has 0 fully saturated rings. The molecule has 1 rings (SSSR count). The molecule has 0 saturated carbocycles. The van der Waals surface area contributed by atoms with Crippen LogP contribution in [0.25, 0.3) is 0 Å². The highest BCUT2D eigenvalue weighted by atomic mass is 16.3. The van der Waals surface area contributed by atoms with Crippen molar-refractivity contribution in [3.05, 3.63) is 29.8 Å². The second-order valence-electron chi connectivity index (χ2n) is 2.36. The zero-order valence-electron chi connectivity index (χ0n) is 6.82. The van der Waals surface area contributed by atoms with Crippen molar-refractivity contribution in [1.82, 2.24) is 5.32 Å². The number of amides is 1. The molecule has 1 amide bonds. The summed E-state index contributed by atoms with van der Waals surface area (Å²) >= 11 is 0. The van der Waals surface area contributed by atoms with E-state index in [0.717, 1.165) is 0 Å². The third-order valence-electron chi connectivity index (χ3n) is 1.48. The first kappa shape index (κ1) is 9.07. The highest BCUT2D eigenvalue weighted by Crippen LogP contribution is 2.14. The summed E-state index contributed by atoms with van der Waals surface area (Å²) in [5, 5.41) is 19.8. The van der Waals surface area contributed by atoms with Gasteiger partial charge in [0.25, 0.3) is 5.91 Å². The first-order valence-electron chi connectivity index (χ1n) is 3.69. The zero-order valence-corrected chi connectivity index (χ0v) is 6.82. The summed E-state index contributed by atoms with van der Waals surface area (Å²) < 4.78 is 0. The molecule has 0 unspecified atom stereocenters. The van der Waals surface area contributed by atoms with Crippen molar-refractivity contribution in [2.24, 2.45) is 0 Å². The van der Waals surface area contributed by atoms with Crippen LogP contribution in [0.4, 0.5) is 0 Å². The first-order valence-corrected chi connectivity index (χ1v) is 3.69. The van der Waals surface area contributed by atoms with Crippen LogP contribution >= 0.6 is 0 Å². The van der Waals surface area contributed by atoms with E-state index in [2.05, 4.69) is 5.32 Å². The molecule has 0 atom stereocenters. The largest absolute Gasteiger partial charge is 0.507 e. The van der Waals surface area contributed by atoms with Crippen molar-refractivity contribution in [1.29, 1.82) is 5.26 Å². The molecule has 0 aliphatic heterocycles. The van der Waals surface area contributed by atoms with Crippen LogP contribution in [0, 0.1) is 11.3 Å². The van der Waals surface area contributed by atoms with E-state index in [-0.39, 0.29) is 17.9 Å². The molecular weight excluding hydrogens is 168 g/mol. The molecule has 66 valence electrons. The fraction of sp³-hybridized carbons (Fsp3) is 0.111. The van der Waals surface area contributed by atoms with Gasteiger partial charge in [0.2, 0.25) is 0 Å². The number of para-hydroxylation sites is 1. The van der Waals surface area contributed by atoms with Gasteiger partial charge >= 0.3 is 0 Å². The van der Waals surface area contributed by atoms with E-state index >= 15 is 0 Å². The minimum Gasteiger partial charge on any atom is -0.507 e. The van der Waals surface area contributed by atoms with Gasteiger partial charge < -0.3 is 10.4 Å². The average molecular weight is 176 g/mol. The number of aromatic hydroxyl groups is 1. The Hall–Kier alpha value is -2.02. The number of carbonyl (C=O) groups excluding carboxylic acids is 1. The lowest BCUT2D eigenvalue weighted by atomic mass is 10.2. The third kappa shape index (κ3) is 2.20. The van der Waals surface area contributed by atoms with E-state index in [0.29, 0.717) is 0 Å². The maximum Gasteiger partial charge on any atom is 0.255 e. The topological polar surface area (TPSA) is 73.1 Å². The van der Waals surface area contributed by atoms with Gasteiger partial charge in [-0.3, -0.25) is 4.79 Å². The van der Waals surface area contributed by atoms with Gasteiger partial charge in [-0.1, -0.05) is 12.1 Å². The maximum absolute atomic E-state index is 11.2. The Morgan fingerprint density at radius 2 is 2.23 bits per heavy atom. The van der Waals surface area contributed by atoms with E-state index in [4.69, 9.17) is 5.26 Å². The molecule has 0 bridgehead atoms. The number of hydrogen-bond donors (Lipinski definition) is 2. The van der Waals surface area contributed by atoms with Gasteiger partial charge in [-0.2, -0.15) is 5.26 Å². The SMILES string of the molecule is N#CCNC(=O)c1ccccc1O. The number of nitriles is 1. The minimum absolute atomic E-state index is 0.0623. The summed E-state index contributed by atoms with van der Waals surface area (Å²) in [4.78, 5) is 11.2. The normalized spacial score (nSPS) is 8.85. The first-order chi connectivity index (χ1) is 6.25. The number of nitrogens with one attached hydrogen (secondary N) is 1. The second-order valence-corrected chi connectivity index (χ2v) is 2.36. The van der Waals surface area contributed by atoms with Gasteiger partial charge in [0.15, 0.2) is 0 Å². The Kier molecular flexibility index (Phi) is 2.87. The number of nitrogens with zero attached hydrogens (tertiary/aromatic N) is 1. The summed E-state index contributed by atoms with van der Waals surface area (Å²) in [6, 6.07) is 7.94. The molecule has 2 N–H and O–H groups in total. The number of phenolic OH excluding ortho intramolecular Hbond substituents is 1. The Labute approximate surface area is 75.4 Å². The van der Waals surface area contributed by atoms with Crippen molar-refractivity contribution in [2.75, 3.05) is 6.54 Å². The molecular formula is C9H8N2O2. The summed E-state index contributed by atoms with van der Waals surface area (Å²) in [6.45, 7) is -0.0623. The van der Waals surface area contributed by atoms with Crippen molar-refractivity contribution in [3.63, 3.8) is 0 Å². The van der Waals surface area contributed by atoms with Gasteiger partial charge in [-0.25, -0.2) is 0 Å². The van der Waals surface area contributed by atoms with E-state index in [9.17, 15) is 9.90 Å². The smallest absolute Gasteiger partial charge is 0.255 e. The van der Waals surface area contributed by atoms with Crippen molar-refractivity contribution < 1.29 is 9.90 Å². The Balaban J connectivity index is 2.78. The zero-order chi connectivity index (χ0) is 9.68. The van der Waals surface area contributed by atoms with E-state index < -0.39 is 5.91 Å². The van der Waals surface area contributed by atoms with Crippen LogP contribution in [0.15, 0.2) is 24.3 Å². The van der Waals surface area contributed by atoms with Crippen LogP contribution in [-0.4, -0.2) is 17.6 Å². The van der Waals surface area contributed by atoms with Crippen molar-refractivity contribution in [3.8, 4) is 11.8 Å². The molecule has 4 nitrogen and oxygen atoms in total.